The number of carbonyl (C=O) groups excluding carboxylic acids is 1. The van der Waals surface area contributed by atoms with Crippen LogP contribution in [-0.2, 0) is 11.3 Å². The molecule has 0 saturated heterocycles. The van der Waals surface area contributed by atoms with Gasteiger partial charge in [0.2, 0.25) is 5.91 Å². The zero-order chi connectivity index (χ0) is 17.5. The van der Waals surface area contributed by atoms with Gasteiger partial charge in [0.1, 0.15) is 5.75 Å². The van der Waals surface area contributed by atoms with Crippen LogP contribution in [0.25, 0.3) is 6.08 Å². The zero-order valence-electron chi connectivity index (χ0n) is 13.6. The highest BCUT2D eigenvalue weighted by Gasteiger charge is 2.09. The Morgan fingerprint density at radius 3 is 2.67 bits per heavy atom. The Hall–Kier alpha value is -2.69. The van der Waals surface area contributed by atoms with Crippen molar-refractivity contribution in [2.75, 3.05) is 0 Å². The summed E-state index contributed by atoms with van der Waals surface area (Å²) in [4.78, 5) is 11.9. The van der Waals surface area contributed by atoms with Crippen molar-refractivity contribution in [2.45, 2.75) is 27.0 Å². The number of halogens is 2. The lowest BCUT2D eigenvalue weighted by molar-refractivity contribution is -0.116. The molecular weight excluding hydrogens is 312 g/mol. The lowest BCUT2D eigenvalue weighted by Gasteiger charge is -2.10. The molecule has 0 saturated carbocycles. The molecule has 0 atom stereocenters. The first-order chi connectivity index (χ1) is 11.5. The molecule has 1 N–H and O–H groups in total. The normalized spacial score (nSPS) is 11.0. The minimum Gasteiger partial charge on any atom is -0.434 e. The molecule has 2 aromatic rings. The molecule has 0 fully saturated rings. The highest BCUT2D eigenvalue weighted by atomic mass is 19.3. The van der Waals surface area contributed by atoms with Crippen LogP contribution < -0.4 is 10.1 Å². The first-order valence-electron chi connectivity index (χ1n) is 7.51. The van der Waals surface area contributed by atoms with Crippen molar-refractivity contribution in [3.63, 3.8) is 0 Å². The monoisotopic (exact) mass is 331 g/mol. The van der Waals surface area contributed by atoms with Gasteiger partial charge in [-0.1, -0.05) is 42.0 Å². The average Bonchev–Trinajstić information content (AvgIpc) is 2.52. The van der Waals surface area contributed by atoms with Crippen molar-refractivity contribution in [1.82, 2.24) is 5.32 Å². The van der Waals surface area contributed by atoms with Gasteiger partial charge in [0.25, 0.3) is 0 Å². The summed E-state index contributed by atoms with van der Waals surface area (Å²) < 4.78 is 29.1. The lowest BCUT2D eigenvalue weighted by atomic mass is 10.1. The summed E-state index contributed by atoms with van der Waals surface area (Å²) in [6.07, 6.45) is 3.15. The van der Waals surface area contributed by atoms with Crippen LogP contribution in [0.2, 0.25) is 0 Å². The molecule has 5 heteroatoms. The third-order valence-corrected chi connectivity index (χ3v) is 3.48. The van der Waals surface area contributed by atoms with E-state index in [1.165, 1.54) is 12.1 Å². The molecule has 0 heterocycles. The number of rotatable bonds is 6. The number of hydrogen-bond donors (Lipinski definition) is 1. The van der Waals surface area contributed by atoms with Gasteiger partial charge in [-0.2, -0.15) is 8.78 Å². The summed E-state index contributed by atoms with van der Waals surface area (Å²) in [5.41, 5.74) is 3.68. The van der Waals surface area contributed by atoms with Gasteiger partial charge in [0.05, 0.1) is 0 Å². The maximum Gasteiger partial charge on any atom is 0.387 e. The van der Waals surface area contributed by atoms with E-state index in [0.29, 0.717) is 5.56 Å². The molecule has 0 aliphatic rings. The van der Waals surface area contributed by atoms with Crippen molar-refractivity contribution in [1.29, 1.82) is 0 Å². The van der Waals surface area contributed by atoms with Crippen LogP contribution in [0.15, 0.2) is 48.5 Å². The van der Waals surface area contributed by atoms with Crippen LogP contribution in [0.4, 0.5) is 8.78 Å². The summed E-state index contributed by atoms with van der Waals surface area (Å²) in [6, 6.07) is 12.3. The van der Waals surface area contributed by atoms with Gasteiger partial charge in [0, 0.05) is 18.2 Å². The van der Waals surface area contributed by atoms with Gasteiger partial charge in [-0.3, -0.25) is 4.79 Å². The van der Waals surface area contributed by atoms with E-state index in [0.717, 1.165) is 16.7 Å². The fourth-order valence-corrected chi connectivity index (χ4v) is 2.28. The summed E-state index contributed by atoms with van der Waals surface area (Å²) in [7, 11) is 0. The molecule has 3 nitrogen and oxygen atoms in total. The Morgan fingerprint density at radius 2 is 1.96 bits per heavy atom. The molecule has 1 amide bonds. The van der Waals surface area contributed by atoms with Gasteiger partial charge < -0.3 is 10.1 Å². The van der Waals surface area contributed by atoms with Crippen LogP contribution in [0.5, 0.6) is 5.75 Å². The maximum atomic E-state index is 12.4. The molecule has 0 spiro atoms. The Labute approximate surface area is 140 Å². The average molecular weight is 331 g/mol. The van der Waals surface area contributed by atoms with Gasteiger partial charge in [-0.15, -0.1) is 0 Å². The Kier molecular flexibility index (Phi) is 6.07. The van der Waals surface area contributed by atoms with Gasteiger partial charge in [0.15, 0.2) is 0 Å². The molecule has 0 unspecified atom stereocenters. The molecule has 2 rings (SSSR count). The second-order valence-corrected chi connectivity index (χ2v) is 5.40. The Balaban J connectivity index is 1.97. The quantitative estimate of drug-likeness (QED) is 0.804. The summed E-state index contributed by atoms with van der Waals surface area (Å²) in [5, 5.41) is 2.66. The van der Waals surface area contributed by atoms with Crippen LogP contribution in [0, 0.1) is 13.8 Å². The fraction of sp³-hybridized carbons (Fsp3) is 0.211. The van der Waals surface area contributed by atoms with Crippen LogP contribution in [0.1, 0.15) is 22.3 Å². The Bertz CT molecular complexity index is 742. The number of para-hydroxylation sites is 1. The number of benzene rings is 2. The topological polar surface area (TPSA) is 38.3 Å². The van der Waals surface area contributed by atoms with Crippen molar-refractivity contribution in [3.05, 3.63) is 70.8 Å². The fourth-order valence-electron chi connectivity index (χ4n) is 2.28. The highest BCUT2D eigenvalue weighted by Crippen LogP contribution is 2.20. The van der Waals surface area contributed by atoms with Crippen LogP contribution in [0.3, 0.4) is 0 Å². The van der Waals surface area contributed by atoms with E-state index in [1.807, 2.05) is 32.0 Å². The smallest absolute Gasteiger partial charge is 0.387 e. The first kappa shape index (κ1) is 17.7. The molecule has 24 heavy (non-hydrogen) atoms. The maximum absolute atomic E-state index is 12.4. The second kappa shape index (κ2) is 8.24. The van der Waals surface area contributed by atoms with E-state index in [2.05, 4.69) is 10.1 Å². The van der Waals surface area contributed by atoms with Crippen molar-refractivity contribution >= 4 is 12.0 Å². The lowest BCUT2D eigenvalue weighted by Crippen LogP contribution is -2.21. The molecule has 126 valence electrons. The van der Waals surface area contributed by atoms with Crippen LogP contribution >= 0.6 is 0 Å². The molecule has 0 aliphatic carbocycles. The van der Waals surface area contributed by atoms with E-state index in [9.17, 15) is 13.6 Å². The van der Waals surface area contributed by atoms with Crippen molar-refractivity contribution in [2.24, 2.45) is 0 Å². The van der Waals surface area contributed by atoms with Gasteiger partial charge >= 0.3 is 6.61 Å². The zero-order valence-corrected chi connectivity index (χ0v) is 13.6. The summed E-state index contributed by atoms with van der Waals surface area (Å²) in [5.74, 6) is -0.243. The van der Waals surface area contributed by atoms with Crippen LogP contribution in [-0.4, -0.2) is 12.5 Å². The van der Waals surface area contributed by atoms with Crippen molar-refractivity contribution < 1.29 is 18.3 Å². The van der Waals surface area contributed by atoms with Crippen molar-refractivity contribution in [3.8, 4) is 5.75 Å². The molecule has 2 aromatic carbocycles. The largest absolute Gasteiger partial charge is 0.434 e. The summed E-state index contributed by atoms with van der Waals surface area (Å²) >= 11 is 0. The third kappa shape index (κ3) is 5.19. The molecule has 0 radical (unpaired) electrons. The number of ether oxygens (including phenoxy) is 1. The highest BCUT2D eigenvalue weighted by molar-refractivity contribution is 5.91. The van der Waals surface area contributed by atoms with Gasteiger partial charge in [-0.25, -0.2) is 0 Å². The molecule has 0 bridgehead atoms. The predicted octanol–water partition coefficient (Wildman–Crippen LogP) is 4.23. The standard InChI is InChI=1S/C19H19F2NO2/c1-13-7-8-15(14(2)11-13)9-10-18(23)22-12-16-5-3-4-6-17(16)24-19(20)21/h3-11,19H,12H2,1-2H3,(H,22,23)/b10-9+. The molecule has 0 aliphatic heterocycles. The van der Waals surface area contributed by atoms with E-state index in [4.69, 9.17) is 0 Å². The minimum atomic E-state index is -2.90. The number of hydrogen-bond acceptors (Lipinski definition) is 2. The van der Waals surface area contributed by atoms with E-state index in [-0.39, 0.29) is 18.2 Å². The minimum absolute atomic E-state index is 0.0613. The first-order valence-corrected chi connectivity index (χ1v) is 7.51. The van der Waals surface area contributed by atoms with Gasteiger partial charge in [-0.05, 0) is 37.1 Å². The Morgan fingerprint density at radius 1 is 1.21 bits per heavy atom. The van der Waals surface area contributed by atoms with E-state index >= 15 is 0 Å². The third-order valence-electron chi connectivity index (χ3n) is 3.48. The SMILES string of the molecule is Cc1ccc(/C=C/C(=O)NCc2ccccc2OC(F)F)c(C)c1. The molecular formula is C19H19F2NO2. The van der Waals surface area contributed by atoms with E-state index < -0.39 is 6.61 Å². The number of amides is 1. The summed E-state index contributed by atoms with van der Waals surface area (Å²) in [6.45, 7) is 1.19. The number of carbonyl (C=O) groups is 1. The number of alkyl halides is 2. The molecule has 0 aromatic heterocycles. The second-order valence-electron chi connectivity index (χ2n) is 5.40. The van der Waals surface area contributed by atoms with E-state index in [1.54, 1.807) is 24.3 Å². The predicted molar refractivity (Wildman–Crippen MR) is 89.9 cm³/mol. The number of nitrogens with one attached hydrogen (secondary N) is 1. The number of aryl methyl sites for hydroxylation is 2.